The second-order valence-electron chi connectivity index (χ2n) is 5.53. The van der Waals surface area contributed by atoms with Crippen LogP contribution in [0.25, 0.3) is 0 Å². The molecule has 1 aliphatic carbocycles. The highest BCUT2D eigenvalue weighted by Crippen LogP contribution is 2.20. The summed E-state index contributed by atoms with van der Waals surface area (Å²) in [6.07, 6.45) is 6.88. The van der Waals surface area contributed by atoms with Gasteiger partial charge in [0.1, 0.15) is 0 Å². The van der Waals surface area contributed by atoms with Crippen molar-refractivity contribution in [2.45, 2.75) is 57.7 Å². The largest absolute Gasteiger partial charge is 0.396 e. The molecule has 3 N–H and O–H groups in total. The zero-order chi connectivity index (χ0) is 13.2. The Bertz CT molecular complexity index is 195. The van der Waals surface area contributed by atoms with Crippen LogP contribution in [0, 0.1) is 5.92 Å². The number of nitrogens with one attached hydrogen (secondary N) is 1. The van der Waals surface area contributed by atoms with E-state index in [2.05, 4.69) is 5.32 Å². The molecule has 0 saturated heterocycles. The summed E-state index contributed by atoms with van der Waals surface area (Å²) in [6.45, 7) is 4.25. The molecule has 18 heavy (non-hydrogen) atoms. The Hall–Kier alpha value is -0.160. The van der Waals surface area contributed by atoms with Crippen LogP contribution in [0.1, 0.15) is 45.4 Å². The van der Waals surface area contributed by atoms with Gasteiger partial charge >= 0.3 is 0 Å². The van der Waals surface area contributed by atoms with Crippen molar-refractivity contribution in [2.75, 3.05) is 26.3 Å². The molecule has 1 fully saturated rings. The quantitative estimate of drug-likeness (QED) is 0.518. The maximum atomic E-state index is 9.74. The van der Waals surface area contributed by atoms with E-state index in [1.165, 1.54) is 12.8 Å². The first-order valence-corrected chi connectivity index (χ1v) is 7.33. The molecule has 1 saturated carbocycles. The maximum Gasteiger partial charge on any atom is 0.0897 e. The van der Waals surface area contributed by atoms with Crippen LogP contribution in [0.15, 0.2) is 0 Å². The Labute approximate surface area is 111 Å². The van der Waals surface area contributed by atoms with E-state index in [4.69, 9.17) is 9.84 Å². The number of aliphatic hydroxyl groups is 2. The van der Waals surface area contributed by atoms with E-state index in [1.807, 2.05) is 6.92 Å². The van der Waals surface area contributed by atoms with Crippen LogP contribution in [-0.4, -0.2) is 48.7 Å². The van der Waals surface area contributed by atoms with Gasteiger partial charge in [0.25, 0.3) is 0 Å². The van der Waals surface area contributed by atoms with Gasteiger partial charge in [-0.1, -0.05) is 19.8 Å². The lowest BCUT2D eigenvalue weighted by Crippen LogP contribution is -2.32. The second-order valence-corrected chi connectivity index (χ2v) is 5.53. The fourth-order valence-corrected chi connectivity index (χ4v) is 2.30. The molecule has 0 aromatic carbocycles. The molecule has 0 amide bonds. The Morgan fingerprint density at radius 2 is 2.06 bits per heavy atom. The van der Waals surface area contributed by atoms with Crippen molar-refractivity contribution in [3.63, 3.8) is 0 Å². The minimum atomic E-state index is -0.402. The van der Waals surface area contributed by atoms with Gasteiger partial charge in [-0.2, -0.15) is 0 Å². The number of rotatable bonds is 10. The van der Waals surface area contributed by atoms with Gasteiger partial charge in [-0.25, -0.2) is 0 Å². The highest BCUT2D eigenvalue weighted by molar-refractivity contribution is 4.68. The molecular formula is C14H29NO3. The molecular weight excluding hydrogens is 230 g/mol. The molecule has 0 bridgehead atoms. The van der Waals surface area contributed by atoms with Crippen LogP contribution < -0.4 is 5.32 Å². The van der Waals surface area contributed by atoms with E-state index in [9.17, 15) is 5.11 Å². The molecule has 0 aromatic rings. The SMILES string of the molecule is CC(CO)CCCNCC(O)COC1CCCC1. The van der Waals surface area contributed by atoms with Crippen LogP contribution in [-0.2, 0) is 4.74 Å². The molecule has 2 atom stereocenters. The van der Waals surface area contributed by atoms with Gasteiger partial charge in [0.15, 0.2) is 0 Å². The molecule has 108 valence electrons. The third-order valence-corrected chi connectivity index (χ3v) is 3.57. The number of ether oxygens (including phenoxy) is 1. The van der Waals surface area contributed by atoms with Gasteiger partial charge in [0.2, 0.25) is 0 Å². The Kier molecular flexibility index (Phi) is 8.59. The lowest BCUT2D eigenvalue weighted by Gasteiger charge is -2.16. The minimum absolute atomic E-state index is 0.262. The fourth-order valence-electron chi connectivity index (χ4n) is 2.30. The third-order valence-electron chi connectivity index (χ3n) is 3.57. The highest BCUT2D eigenvalue weighted by Gasteiger charge is 2.16. The van der Waals surface area contributed by atoms with Crippen molar-refractivity contribution in [3.8, 4) is 0 Å². The van der Waals surface area contributed by atoms with Crippen molar-refractivity contribution in [2.24, 2.45) is 5.92 Å². The topological polar surface area (TPSA) is 61.7 Å². The average molecular weight is 259 g/mol. The average Bonchev–Trinajstić information content (AvgIpc) is 2.88. The minimum Gasteiger partial charge on any atom is -0.396 e. The zero-order valence-corrected chi connectivity index (χ0v) is 11.6. The lowest BCUT2D eigenvalue weighted by atomic mass is 10.1. The first-order chi connectivity index (χ1) is 8.72. The van der Waals surface area contributed by atoms with Crippen LogP contribution in [0.5, 0.6) is 0 Å². The number of hydrogen-bond donors (Lipinski definition) is 3. The van der Waals surface area contributed by atoms with Crippen molar-refractivity contribution in [3.05, 3.63) is 0 Å². The van der Waals surface area contributed by atoms with Crippen molar-refractivity contribution in [1.82, 2.24) is 5.32 Å². The van der Waals surface area contributed by atoms with E-state index >= 15 is 0 Å². The van der Waals surface area contributed by atoms with Crippen LogP contribution >= 0.6 is 0 Å². The first kappa shape index (κ1) is 15.9. The van der Waals surface area contributed by atoms with Crippen LogP contribution in [0.3, 0.4) is 0 Å². The summed E-state index contributed by atoms with van der Waals surface area (Å²) in [4.78, 5) is 0. The molecule has 4 nitrogen and oxygen atoms in total. The van der Waals surface area contributed by atoms with E-state index in [1.54, 1.807) is 0 Å². The smallest absolute Gasteiger partial charge is 0.0897 e. The lowest BCUT2D eigenvalue weighted by molar-refractivity contribution is -0.00538. The number of aliphatic hydroxyl groups excluding tert-OH is 2. The van der Waals surface area contributed by atoms with Crippen LogP contribution in [0.4, 0.5) is 0 Å². The van der Waals surface area contributed by atoms with E-state index < -0.39 is 6.10 Å². The van der Waals surface area contributed by atoms with Gasteiger partial charge in [0, 0.05) is 13.2 Å². The fraction of sp³-hybridized carbons (Fsp3) is 1.00. The Morgan fingerprint density at radius 3 is 2.72 bits per heavy atom. The molecule has 1 rings (SSSR count). The molecule has 0 heterocycles. The van der Waals surface area contributed by atoms with Gasteiger partial charge in [-0.15, -0.1) is 0 Å². The first-order valence-electron chi connectivity index (χ1n) is 7.33. The summed E-state index contributed by atoms with van der Waals surface area (Å²) in [6, 6.07) is 0. The summed E-state index contributed by atoms with van der Waals surface area (Å²) >= 11 is 0. The molecule has 2 unspecified atom stereocenters. The van der Waals surface area contributed by atoms with Crippen molar-refractivity contribution in [1.29, 1.82) is 0 Å². The summed E-state index contributed by atoms with van der Waals surface area (Å²) in [7, 11) is 0. The maximum absolute atomic E-state index is 9.74. The van der Waals surface area contributed by atoms with E-state index in [-0.39, 0.29) is 6.61 Å². The normalized spacial score (nSPS) is 20.2. The van der Waals surface area contributed by atoms with Gasteiger partial charge in [-0.3, -0.25) is 0 Å². The van der Waals surface area contributed by atoms with Crippen molar-refractivity contribution < 1.29 is 14.9 Å². The zero-order valence-electron chi connectivity index (χ0n) is 11.6. The molecule has 0 aromatic heterocycles. The van der Waals surface area contributed by atoms with Crippen molar-refractivity contribution >= 4 is 0 Å². The number of hydrogen-bond acceptors (Lipinski definition) is 4. The summed E-state index contributed by atoms with van der Waals surface area (Å²) < 4.78 is 5.65. The standard InChI is InChI=1S/C14H29NO3/c1-12(10-16)5-4-8-15-9-13(17)11-18-14-6-2-3-7-14/h12-17H,2-11H2,1H3. The summed E-state index contributed by atoms with van der Waals surface area (Å²) in [5.41, 5.74) is 0. The second kappa shape index (κ2) is 9.73. The summed E-state index contributed by atoms with van der Waals surface area (Å²) in [5, 5.41) is 21.8. The molecule has 0 spiro atoms. The summed E-state index contributed by atoms with van der Waals surface area (Å²) in [5.74, 6) is 0.377. The Balaban J connectivity index is 1.88. The molecule has 0 radical (unpaired) electrons. The van der Waals surface area contributed by atoms with Crippen LogP contribution in [0.2, 0.25) is 0 Å². The molecule has 4 heteroatoms. The van der Waals surface area contributed by atoms with Gasteiger partial charge < -0.3 is 20.3 Å². The predicted octanol–water partition coefficient (Wildman–Crippen LogP) is 1.30. The van der Waals surface area contributed by atoms with Gasteiger partial charge in [-0.05, 0) is 38.1 Å². The molecule has 0 aliphatic heterocycles. The monoisotopic (exact) mass is 259 g/mol. The van der Waals surface area contributed by atoms with E-state index in [0.717, 1.165) is 32.2 Å². The highest BCUT2D eigenvalue weighted by atomic mass is 16.5. The van der Waals surface area contributed by atoms with Gasteiger partial charge in [0.05, 0.1) is 18.8 Å². The van der Waals surface area contributed by atoms with E-state index in [0.29, 0.717) is 25.2 Å². The molecule has 1 aliphatic rings. The third kappa shape index (κ3) is 7.31. The predicted molar refractivity (Wildman–Crippen MR) is 72.6 cm³/mol. The Morgan fingerprint density at radius 1 is 1.33 bits per heavy atom.